The van der Waals surface area contributed by atoms with Crippen molar-refractivity contribution in [3.05, 3.63) is 42.7 Å². The van der Waals surface area contributed by atoms with Crippen molar-refractivity contribution in [3.63, 3.8) is 0 Å². The molecule has 28 heavy (non-hydrogen) atoms. The van der Waals surface area contributed by atoms with E-state index in [1.807, 2.05) is 0 Å². The van der Waals surface area contributed by atoms with E-state index in [0.717, 1.165) is 12.8 Å². The van der Waals surface area contributed by atoms with Crippen LogP contribution >= 0.6 is 0 Å². The van der Waals surface area contributed by atoms with Gasteiger partial charge in [-0.2, -0.15) is 0 Å². The van der Waals surface area contributed by atoms with Crippen LogP contribution in [0.2, 0.25) is 0 Å². The molecule has 1 heterocycles. The SMILES string of the molecule is O=C(O)C1CCCCC1C(=O)Nc1ccc(S(=O)(=O)Nc2ncccn2)cc1. The maximum atomic E-state index is 12.5. The number of hydrogen-bond acceptors (Lipinski definition) is 6. The number of carbonyl (C=O) groups is 2. The molecule has 0 spiro atoms. The third kappa shape index (κ3) is 4.63. The van der Waals surface area contributed by atoms with Crippen molar-refractivity contribution >= 4 is 33.5 Å². The molecular formula is C18H20N4O5S. The molecule has 3 N–H and O–H groups in total. The normalized spacial score (nSPS) is 19.6. The molecule has 0 aliphatic heterocycles. The van der Waals surface area contributed by atoms with Gasteiger partial charge in [0.25, 0.3) is 10.0 Å². The predicted molar refractivity (Wildman–Crippen MR) is 101 cm³/mol. The number of aromatic nitrogens is 2. The zero-order valence-corrected chi connectivity index (χ0v) is 15.7. The maximum Gasteiger partial charge on any atom is 0.307 e. The Morgan fingerprint density at radius 1 is 1.00 bits per heavy atom. The number of aliphatic carboxylic acids is 1. The first-order valence-electron chi connectivity index (χ1n) is 8.80. The number of carboxylic acid groups (broad SMARTS) is 1. The number of benzene rings is 1. The van der Waals surface area contributed by atoms with E-state index in [4.69, 9.17) is 0 Å². The van der Waals surface area contributed by atoms with Gasteiger partial charge in [0.15, 0.2) is 0 Å². The van der Waals surface area contributed by atoms with Crippen LogP contribution in [0.4, 0.5) is 11.6 Å². The van der Waals surface area contributed by atoms with Crippen molar-refractivity contribution in [3.8, 4) is 0 Å². The lowest BCUT2D eigenvalue weighted by atomic mass is 9.78. The molecule has 1 fully saturated rings. The van der Waals surface area contributed by atoms with Crippen LogP contribution in [0.3, 0.4) is 0 Å². The number of sulfonamides is 1. The first kappa shape index (κ1) is 19.7. The number of rotatable bonds is 6. The largest absolute Gasteiger partial charge is 0.481 e. The van der Waals surface area contributed by atoms with E-state index in [-0.39, 0.29) is 16.8 Å². The molecule has 0 saturated heterocycles. The monoisotopic (exact) mass is 404 g/mol. The predicted octanol–water partition coefficient (Wildman–Crippen LogP) is 2.11. The molecule has 1 amide bonds. The van der Waals surface area contributed by atoms with Crippen molar-refractivity contribution in [1.29, 1.82) is 0 Å². The van der Waals surface area contributed by atoms with E-state index >= 15 is 0 Å². The van der Waals surface area contributed by atoms with E-state index in [2.05, 4.69) is 20.0 Å². The van der Waals surface area contributed by atoms with Crippen LogP contribution in [0.15, 0.2) is 47.6 Å². The Morgan fingerprint density at radius 2 is 1.61 bits per heavy atom. The average Bonchev–Trinajstić information content (AvgIpc) is 2.69. The first-order valence-corrected chi connectivity index (χ1v) is 10.3. The van der Waals surface area contributed by atoms with E-state index in [1.54, 1.807) is 6.07 Å². The molecule has 1 saturated carbocycles. The van der Waals surface area contributed by atoms with Gasteiger partial charge in [-0.25, -0.2) is 23.1 Å². The van der Waals surface area contributed by atoms with E-state index in [9.17, 15) is 23.1 Å². The number of hydrogen-bond donors (Lipinski definition) is 3. The number of carboxylic acids is 1. The molecule has 0 bridgehead atoms. The molecule has 1 aliphatic carbocycles. The summed E-state index contributed by atoms with van der Waals surface area (Å²) in [4.78, 5) is 31.5. The Kier molecular flexibility index (Phi) is 5.88. The van der Waals surface area contributed by atoms with Crippen LogP contribution in [0.1, 0.15) is 25.7 Å². The van der Waals surface area contributed by atoms with Gasteiger partial charge >= 0.3 is 5.97 Å². The summed E-state index contributed by atoms with van der Waals surface area (Å²) in [5.74, 6) is -2.65. The number of nitrogens with one attached hydrogen (secondary N) is 2. The number of carbonyl (C=O) groups excluding carboxylic acids is 1. The van der Waals surface area contributed by atoms with Crippen LogP contribution in [-0.2, 0) is 19.6 Å². The molecule has 1 aromatic heterocycles. The zero-order chi connectivity index (χ0) is 20.1. The van der Waals surface area contributed by atoms with Crippen LogP contribution < -0.4 is 10.0 Å². The Balaban J connectivity index is 1.68. The average molecular weight is 404 g/mol. The summed E-state index contributed by atoms with van der Waals surface area (Å²) in [6.45, 7) is 0. The lowest BCUT2D eigenvalue weighted by molar-refractivity contribution is -0.147. The van der Waals surface area contributed by atoms with Gasteiger partial charge in [-0.05, 0) is 43.2 Å². The molecule has 148 valence electrons. The van der Waals surface area contributed by atoms with Gasteiger partial charge in [0.1, 0.15) is 0 Å². The highest BCUT2D eigenvalue weighted by atomic mass is 32.2. The summed E-state index contributed by atoms with van der Waals surface area (Å²) in [5, 5.41) is 12.0. The number of anilines is 2. The Morgan fingerprint density at radius 3 is 2.21 bits per heavy atom. The third-order valence-electron chi connectivity index (χ3n) is 4.64. The maximum absolute atomic E-state index is 12.5. The molecule has 1 aliphatic rings. The van der Waals surface area contributed by atoms with Gasteiger partial charge in [-0.15, -0.1) is 0 Å². The Bertz CT molecular complexity index is 948. The highest BCUT2D eigenvalue weighted by molar-refractivity contribution is 7.92. The van der Waals surface area contributed by atoms with Gasteiger partial charge < -0.3 is 10.4 Å². The summed E-state index contributed by atoms with van der Waals surface area (Å²) in [7, 11) is -3.86. The number of amides is 1. The minimum absolute atomic E-state index is 0.0148. The van der Waals surface area contributed by atoms with Gasteiger partial charge in [0.05, 0.1) is 16.7 Å². The summed E-state index contributed by atoms with van der Waals surface area (Å²) in [6, 6.07) is 7.16. The van der Waals surface area contributed by atoms with Crippen molar-refractivity contribution in [2.45, 2.75) is 30.6 Å². The quantitative estimate of drug-likeness (QED) is 0.670. The standard InChI is InChI=1S/C18H20N4O5S/c23-16(14-4-1-2-5-15(14)17(24)25)21-12-6-8-13(9-7-12)28(26,27)22-18-19-10-3-11-20-18/h3,6-11,14-15H,1-2,4-5H2,(H,21,23)(H,24,25)(H,19,20,22). The second-order valence-electron chi connectivity index (χ2n) is 6.53. The molecular weight excluding hydrogens is 384 g/mol. The molecule has 9 nitrogen and oxygen atoms in total. The summed E-state index contributed by atoms with van der Waals surface area (Å²) in [6.07, 6.45) is 5.45. The van der Waals surface area contributed by atoms with Crippen molar-refractivity contribution < 1.29 is 23.1 Å². The first-order chi connectivity index (χ1) is 13.4. The lowest BCUT2D eigenvalue weighted by Gasteiger charge is -2.27. The van der Waals surface area contributed by atoms with Crippen molar-refractivity contribution in [2.75, 3.05) is 10.0 Å². The summed E-state index contributed by atoms with van der Waals surface area (Å²) >= 11 is 0. The van der Waals surface area contributed by atoms with Gasteiger partial charge in [-0.3, -0.25) is 9.59 Å². The molecule has 2 unspecified atom stereocenters. The minimum Gasteiger partial charge on any atom is -0.481 e. The van der Waals surface area contributed by atoms with Crippen LogP contribution in [0, 0.1) is 11.8 Å². The fraction of sp³-hybridized carbons (Fsp3) is 0.333. The molecule has 2 atom stereocenters. The molecule has 10 heteroatoms. The molecule has 1 aromatic carbocycles. The third-order valence-corrected chi connectivity index (χ3v) is 5.99. The fourth-order valence-electron chi connectivity index (χ4n) is 3.22. The minimum atomic E-state index is -3.86. The summed E-state index contributed by atoms with van der Waals surface area (Å²) in [5.41, 5.74) is 0.398. The highest BCUT2D eigenvalue weighted by Crippen LogP contribution is 2.31. The highest BCUT2D eigenvalue weighted by Gasteiger charge is 2.35. The Hall–Kier alpha value is -3.01. The zero-order valence-electron chi connectivity index (χ0n) is 14.9. The Labute approximate surface area is 162 Å². The fourth-order valence-corrected chi connectivity index (χ4v) is 4.18. The van der Waals surface area contributed by atoms with E-state index in [0.29, 0.717) is 18.5 Å². The van der Waals surface area contributed by atoms with Crippen LogP contribution in [0.5, 0.6) is 0 Å². The summed E-state index contributed by atoms with van der Waals surface area (Å²) < 4.78 is 27.0. The van der Waals surface area contributed by atoms with Crippen LogP contribution in [0.25, 0.3) is 0 Å². The second-order valence-corrected chi connectivity index (χ2v) is 8.21. The lowest BCUT2D eigenvalue weighted by Crippen LogP contribution is -2.36. The van der Waals surface area contributed by atoms with E-state index < -0.39 is 27.8 Å². The smallest absolute Gasteiger partial charge is 0.307 e. The van der Waals surface area contributed by atoms with Crippen molar-refractivity contribution in [2.24, 2.45) is 11.8 Å². The van der Waals surface area contributed by atoms with E-state index in [1.165, 1.54) is 36.7 Å². The molecule has 0 radical (unpaired) electrons. The van der Waals surface area contributed by atoms with Gasteiger partial charge in [0, 0.05) is 18.1 Å². The number of nitrogens with zero attached hydrogens (tertiary/aromatic N) is 2. The van der Waals surface area contributed by atoms with Crippen molar-refractivity contribution in [1.82, 2.24) is 9.97 Å². The molecule has 2 aromatic rings. The molecule has 3 rings (SSSR count). The topological polar surface area (TPSA) is 138 Å². The second kappa shape index (κ2) is 8.34. The van der Waals surface area contributed by atoms with Gasteiger partial charge in [-0.1, -0.05) is 12.8 Å². The van der Waals surface area contributed by atoms with Crippen LogP contribution in [-0.4, -0.2) is 35.4 Å². The van der Waals surface area contributed by atoms with Gasteiger partial charge in [0.2, 0.25) is 11.9 Å².